The van der Waals surface area contributed by atoms with E-state index in [1.807, 2.05) is 43.3 Å². The molecule has 6 heteroatoms. The number of benzene rings is 2. The van der Waals surface area contributed by atoms with Crippen LogP contribution in [0.2, 0.25) is 0 Å². The molecule has 0 radical (unpaired) electrons. The summed E-state index contributed by atoms with van der Waals surface area (Å²) in [7, 11) is 0. The lowest BCUT2D eigenvalue weighted by Gasteiger charge is -2.21. The van der Waals surface area contributed by atoms with E-state index >= 15 is 0 Å². The number of fused-ring (bicyclic) bond motifs is 1. The lowest BCUT2D eigenvalue weighted by Crippen LogP contribution is -2.34. The summed E-state index contributed by atoms with van der Waals surface area (Å²) in [6.45, 7) is 3.58. The van der Waals surface area contributed by atoms with Gasteiger partial charge in [-0.1, -0.05) is 24.3 Å². The van der Waals surface area contributed by atoms with Gasteiger partial charge in [0.2, 0.25) is 12.7 Å². The van der Waals surface area contributed by atoms with E-state index in [2.05, 4.69) is 5.32 Å². The second-order valence-electron chi connectivity index (χ2n) is 5.97. The highest BCUT2D eigenvalue weighted by Gasteiger charge is 2.17. The largest absolute Gasteiger partial charge is 0.454 e. The first-order valence-electron chi connectivity index (χ1n) is 8.67. The molecule has 2 aromatic carbocycles. The lowest BCUT2D eigenvalue weighted by molar-refractivity contribution is -0.131. The van der Waals surface area contributed by atoms with Gasteiger partial charge in [0.05, 0.1) is 0 Å². The Morgan fingerprint density at radius 3 is 2.62 bits per heavy atom. The Kier molecular flexibility index (Phi) is 5.73. The minimum atomic E-state index is -0.169. The zero-order chi connectivity index (χ0) is 18.4. The third-order valence-corrected chi connectivity index (χ3v) is 4.21. The van der Waals surface area contributed by atoms with E-state index in [0.717, 1.165) is 11.3 Å². The van der Waals surface area contributed by atoms with E-state index in [1.54, 1.807) is 17.0 Å². The quantitative estimate of drug-likeness (QED) is 0.830. The number of nitrogens with one attached hydrogen (secondary N) is 1. The van der Waals surface area contributed by atoms with Gasteiger partial charge in [0.15, 0.2) is 11.5 Å². The van der Waals surface area contributed by atoms with Crippen LogP contribution in [0.25, 0.3) is 0 Å². The highest BCUT2D eigenvalue weighted by molar-refractivity contribution is 5.94. The minimum Gasteiger partial charge on any atom is -0.454 e. The van der Waals surface area contributed by atoms with Crippen LogP contribution in [0.15, 0.2) is 48.5 Å². The molecule has 1 heterocycles. The van der Waals surface area contributed by atoms with Crippen molar-refractivity contribution in [2.75, 3.05) is 19.9 Å². The maximum atomic E-state index is 12.4. The first-order valence-corrected chi connectivity index (χ1v) is 8.67. The van der Waals surface area contributed by atoms with E-state index < -0.39 is 0 Å². The topological polar surface area (TPSA) is 67.9 Å². The van der Waals surface area contributed by atoms with E-state index in [-0.39, 0.29) is 25.0 Å². The van der Waals surface area contributed by atoms with Crippen molar-refractivity contribution in [3.05, 3.63) is 59.7 Å². The summed E-state index contributed by atoms with van der Waals surface area (Å²) < 4.78 is 10.7. The normalized spacial score (nSPS) is 11.9. The Bertz CT molecular complexity index is 777. The maximum absolute atomic E-state index is 12.4. The predicted octanol–water partition coefficient (Wildman–Crippen LogP) is 2.58. The molecule has 0 atom stereocenters. The fourth-order valence-corrected chi connectivity index (χ4v) is 2.77. The standard InChI is InChI=1S/C20H22N2O4/c1-2-22(13-15-8-9-17-18(12-15)26-14-25-17)19(23)10-11-21-20(24)16-6-4-3-5-7-16/h3-9,12H,2,10-11,13-14H2,1H3,(H,21,24). The molecule has 2 amide bonds. The fraction of sp³-hybridized carbons (Fsp3) is 0.300. The molecule has 0 fully saturated rings. The van der Waals surface area contributed by atoms with Gasteiger partial charge < -0.3 is 19.7 Å². The molecule has 0 spiro atoms. The number of hydrogen-bond acceptors (Lipinski definition) is 4. The minimum absolute atomic E-state index is 0.00136. The van der Waals surface area contributed by atoms with Crippen molar-refractivity contribution >= 4 is 11.8 Å². The zero-order valence-electron chi connectivity index (χ0n) is 14.7. The summed E-state index contributed by atoms with van der Waals surface area (Å²) in [5, 5.41) is 2.78. The Hall–Kier alpha value is -3.02. The van der Waals surface area contributed by atoms with Gasteiger partial charge in [0.1, 0.15) is 0 Å². The van der Waals surface area contributed by atoms with Gasteiger partial charge in [-0.3, -0.25) is 9.59 Å². The van der Waals surface area contributed by atoms with Crippen molar-refractivity contribution in [3.63, 3.8) is 0 Å². The third-order valence-electron chi connectivity index (χ3n) is 4.21. The predicted molar refractivity (Wildman–Crippen MR) is 97.0 cm³/mol. The highest BCUT2D eigenvalue weighted by Crippen LogP contribution is 2.32. The summed E-state index contributed by atoms with van der Waals surface area (Å²) in [6.07, 6.45) is 0.261. The molecule has 0 aromatic heterocycles. The van der Waals surface area contributed by atoms with Gasteiger partial charge in [-0.05, 0) is 36.8 Å². The molecular weight excluding hydrogens is 332 g/mol. The molecule has 3 rings (SSSR count). The number of amides is 2. The summed E-state index contributed by atoms with van der Waals surface area (Å²) in [5.41, 5.74) is 1.57. The van der Waals surface area contributed by atoms with Gasteiger partial charge in [-0.2, -0.15) is 0 Å². The molecular formula is C20H22N2O4. The lowest BCUT2D eigenvalue weighted by atomic mass is 10.2. The van der Waals surface area contributed by atoms with Crippen molar-refractivity contribution < 1.29 is 19.1 Å². The van der Waals surface area contributed by atoms with Crippen molar-refractivity contribution in [2.24, 2.45) is 0 Å². The average Bonchev–Trinajstić information content (AvgIpc) is 3.14. The molecule has 0 saturated carbocycles. The second kappa shape index (κ2) is 8.38. The molecule has 0 saturated heterocycles. The summed E-state index contributed by atoms with van der Waals surface area (Å²) in [5.74, 6) is 1.27. The first kappa shape index (κ1) is 17.8. The SMILES string of the molecule is CCN(Cc1ccc2c(c1)OCO2)C(=O)CCNC(=O)c1ccccc1. The van der Waals surface area contributed by atoms with Gasteiger partial charge in [0.25, 0.3) is 5.91 Å². The molecule has 0 unspecified atom stereocenters. The molecule has 2 aromatic rings. The first-order chi connectivity index (χ1) is 12.7. The number of rotatable bonds is 7. The molecule has 0 aliphatic carbocycles. The number of ether oxygens (including phenoxy) is 2. The van der Waals surface area contributed by atoms with Crippen molar-refractivity contribution in [3.8, 4) is 11.5 Å². The monoisotopic (exact) mass is 354 g/mol. The molecule has 6 nitrogen and oxygen atoms in total. The Balaban J connectivity index is 1.50. The summed E-state index contributed by atoms with van der Waals surface area (Å²) >= 11 is 0. The van der Waals surface area contributed by atoms with Crippen LogP contribution in [0.3, 0.4) is 0 Å². The molecule has 0 bridgehead atoms. The van der Waals surface area contributed by atoms with Crippen LogP contribution < -0.4 is 14.8 Å². The smallest absolute Gasteiger partial charge is 0.251 e. The van der Waals surface area contributed by atoms with E-state index in [0.29, 0.717) is 30.9 Å². The van der Waals surface area contributed by atoms with Crippen molar-refractivity contribution in [1.29, 1.82) is 0 Å². The fourth-order valence-electron chi connectivity index (χ4n) is 2.77. The van der Waals surface area contributed by atoms with Crippen LogP contribution in [0.4, 0.5) is 0 Å². The number of carbonyl (C=O) groups excluding carboxylic acids is 2. The van der Waals surface area contributed by atoms with Crippen molar-refractivity contribution in [2.45, 2.75) is 19.9 Å². The van der Waals surface area contributed by atoms with Gasteiger partial charge >= 0.3 is 0 Å². The van der Waals surface area contributed by atoms with E-state index in [9.17, 15) is 9.59 Å². The second-order valence-corrected chi connectivity index (χ2v) is 5.97. The summed E-state index contributed by atoms with van der Waals surface area (Å²) in [6, 6.07) is 14.7. The van der Waals surface area contributed by atoms with Gasteiger partial charge in [0, 0.05) is 31.6 Å². The van der Waals surface area contributed by atoms with Crippen LogP contribution >= 0.6 is 0 Å². The third kappa shape index (κ3) is 4.33. The number of carbonyl (C=O) groups is 2. The van der Waals surface area contributed by atoms with Crippen molar-refractivity contribution in [1.82, 2.24) is 10.2 Å². The highest BCUT2D eigenvalue weighted by atomic mass is 16.7. The Morgan fingerprint density at radius 1 is 1.08 bits per heavy atom. The molecule has 1 aliphatic heterocycles. The average molecular weight is 354 g/mol. The van der Waals surface area contributed by atoms with E-state index in [4.69, 9.17) is 9.47 Å². The van der Waals surface area contributed by atoms with Crippen LogP contribution in [0.5, 0.6) is 11.5 Å². The van der Waals surface area contributed by atoms with Gasteiger partial charge in [-0.25, -0.2) is 0 Å². The van der Waals surface area contributed by atoms with Crippen LogP contribution in [-0.2, 0) is 11.3 Å². The molecule has 1 aliphatic rings. The van der Waals surface area contributed by atoms with Crippen LogP contribution in [0, 0.1) is 0 Å². The molecule has 136 valence electrons. The molecule has 1 N–H and O–H groups in total. The molecule has 26 heavy (non-hydrogen) atoms. The Labute approximate surface area is 152 Å². The van der Waals surface area contributed by atoms with Crippen LogP contribution in [-0.4, -0.2) is 36.6 Å². The zero-order valence-corrected chi connectivity index (χ0v) is 14.7. The van der Waals surface area contributed by atoms with Gasteiger partial charge in [-0.15, -0.1) is 0 Å². The summed E-state index contributed by atoms with van der Waals surface area (Å²) in [4.78, 5) is 26.2. The number of hydrogen-bond donors (Lipinski definition) is 1. The number of nitrogens with zero attached hydrogens (tertiary/aromatic N) is 1. The maximum Gasteiger partial charge on any atom is 0.251 e. The Morgan fingerprint density at radius 2 is 1.85 bits per heavy atom. The van der Waals surface area contributed by atoms with Crippen LogP contribution in [0.1, 0.15) is 29.3 Å². The van der Waals surface area contributed by atoms with E-state index in [1.165, 1.54) is 0 Å².